The summed E-state index contributed by atoms with van der Waals surface area (Å²) in [5.41, 5.74) is 1.05. The van der Waals surface area contributed by atoms with Crippen molar-refractivity contribution < 1.29 is 9.13 Å². The molecule has 0 bridgehead atoms. The van der Waals surface area contributed by atoms with Crippen LogP contribution in [-0.4, -0.2) is 19.8 Å². The van der Waals surface area contributed by atoms with Crippen molar-refractivity contribution in [1.29, 1.82) is 0 Å². The highest BCUT2D eigenvalue weighted by Gasteiger charge is 2.18. The van der Waals surface area contributed by atoms with Gasteiger partial charge in [0.2, 0.25) is 0 Å². The fraction of sp³-hybridized carbons (Fsp3) is 0.571. The van der Waals surface area contributed by atoms with Gasteiger partial charge in [-0.3, -0.25) is 0 Å². The lowest BCUT2D eigenvalue weighted by atomic mass is 10.0. The molecule has 1 aromatic carbocycles. The third kappa shape index (κ3) is 4.34. The summed E-state index contributed by atoms with van der Waals surface area (Å²) in [6.45, 7) is 7.05. The molecule has 0 fully saturated rings. The molecule has 0 spiro atoms. The fourth-order valence-corrected chi connectivity index (χ4v) is 2.57. The first-order valence-corrected chi connectivity index (χ1v) is 6.95. The van der Waals surface area contributed by atoms with Crippen molar-refractivity contribution in [1.82, 2.24) is 5.32 Å². The first-order valence-electron chi connectivity index (χ1n) is 6.15. The highest BCUT2D eigenvalue weighted by molar-refractivity contribution is 9.10. The summed E-state index contributed by atoms with van der Waals surface area (Å²) in [4.78, 5) is 0. The van der Waals surface area contributed by atoms with E-state index in [1.165, 1.54) is 12.1 Å². The zero-order chi connectivity index (χ0) is 13.7. The molecular weight excluding hydrogens is 297 g/mol. The Hall–Kier alpha value is -0.450. The van der Waals surface area contributed by atoms with Crippen LogP contribution in [0.2, 0.25) is 0 Å². The summed E-state index contributed by atoms with van der Waals surface area (Å²) in [6, 6.07) is 5.21. The lowest BCUT2D eigenvalue weighted by Gasteiger charge is -2.26. The van der Waals surface area contributed by atoms with E-state index in [4.69, 9.17) is 4.74 Å². The Morgan fingerprint density at radius 2 is 2.00 bits per heavy atom. The summed E-state index contributed by atoms with van der Waals surface area (Å²) in [6.07, 6.45) is 0. The van der Waals surface area contributed by atoms with Crippen LogP contribution in [-0.2, 0) is 4.74 Å². The fourth-order valence-electron chi connectivity index (χ4n) is 1.88. The summed E-state index contributed by atoms with van der Waals surface area (Å²) >= 11 is 3.40. The molecule has 18 heavy (non-hydrogen) atoms. The quantitative estimate of drug-likeness (QED) is 0.859. The van der Waals surface area contributed by atoms with Crippen LogP contribution in [0.25, 0.3) is 0 Å². The largest absolute Gasteiger partial charge is 0.383 e. The van der Waals surface area contributed by atoms with E-state index in [9.17, 15) is 4.39 Å². The van der Waals surface area contributed by atoms with E-state index < -0.39 is 0 Å². The summed E-state index contributed by atoms with van der Waals surface area (Å²) in [7, 11) is 1.70. The molecule has 0 saturated heterocycles. The minimum Gasteiger partial charge on any atom is -0.383 e. The Kier molecular flexibility index (Phi) is 6.26. The van der Waals surface area contributed by atoms with Gasteiger partial charge in [0.25, 0.3) is 0 Å². The number of hydrogen-bond donors (Lipinski definition) is 1. The van der Waals surface area contributed by atoms with Gasteiger partial charge in [-0.15, -0.1) is 0 Å². The van der Waals surface area contributed by atoms with E-state index in [1.807, 2.05) is 0 Å². The van der Waals surface area contributed by atoms with E-state index in [0.29, 0.717) is 12.5 Å². The molecule has 0 aliphatic rings. The van der Waals surface area contributed by atoms with E-state index >= 15 is 0 Å². The van der Waals surface area contributed by atoms with Crippen molar-refractivity contribution in [2.24, 2.45) is 5.92 Å². The molecule has 1 N–H and O–H groups in total. The number of hydrogen-bond acceptors (Lipinski definition) is 2. The van der Waals surface area contributed by atoms with Gasteiger partial charge in [-0.2, -0.15) is 0 Å². The van der Waals surface area contributed by atoms with E-state index in [2.05, 4.69) is 42.0 Å². The number of ether oxygens (including phenoxy) is 1. The maximum atomic E-state index is 13.1. The average molecular weight is 318 g/mol. The number of rotatable bonds is 6. The molecule has 0 aliphatic heterocycles. The lowest BCUT2D eigenvalue weighted by molar-refractivity contribution is 0.141. The van der Waals surface area contributed by atoms with Crippen molar-refractivity contribution in [3.8, 4) is 0 Å². The second-order valence-corrected chi connectivity index (χ2v) is 5.71. The number of benzene rings is 1. The molecule has 0 aromatic heterocycles. The van der Waals surface area contributed by atoms with E-state index in [1.54, 1.807) is 13.2 Å². The molecule has 102 valence electrons. The van der Waals surface area contributed by atoms with Crippen LogP contribution >= 0.6 is 15.9 Å². The van der Waals surface area contributed by atoms with Crippen LogP contribution in [0.5, 0.6) is 0 Å². The molecule has 0 radical (unpaired) electrons. The monoisotopic (exact) mass is 317 g/mol. The molecule has 0 saturated carbocycles. The number of methoxy groups -OCH3 is 1. The minimum atomic E-state index is -0.227. The third-order valence-corrected chi connectivity index (χ3v) is 3.73. The zero-order valence-electron chi connectivity index (χ0n) is 11.3. The van der Waals surface area contributed by atoms with Crippen LogP contribution in [0.15, 0.2) is 22.7 Å². The second-order valence-electron chi connectivity index (χ2n) is 4.86. The van der Waals surface area contributed by atoms with Crippen molar-refractivity contribution in [3.63, 3.8) is 0 Å². The van der Waals surface area contributed by atoms with Gasteiger partial charge >= 0.3 is 0 Å². The number of halogens is 2. The Morgan fingerprint density at radius 3 is 2.50 bits per heavy atom. The van der Waals surface area contributed by atoms with Crippen LogP contribution in [0.1, 0.15) is 32.4 Å². The minimum absolute atomic E-state index is 0.141. The average Bonchev–Trinajstić information content (AvgIpc) is 2.27. The first kappa shape index (κ1) is 15.6. The van der Waals surface area contributed by atoms with Gasteiger partial charge in [-0.1, -0.05) is 35.8 Å². The Balaban J connectivity index is 2.76. The molecule has 0 amide bonds. The predicted octanol–water partition coefficient (Wildman–Crippen LogP) is 3.91. The molecular formula is C14H21BrFNO. The van der Waals surface area contributed by atoms with E-state index in [-0.39, 0.29) is 17.9 Å². The lowest BCUT2D eigenvalue weighted by Crippen LogP contribution is -2.39. The molecule has 2 atom stereocenters. The highest BCUT2D eigenvalue weighted by atomic mass is 79.9. The SMILES string of the molecule is COCC(NC(C)c1ccc(F)cc1Br)C(C)C. The summed E-state index contributed by atoms with van der Waals surface area (Å²) in [5.74, 6) is 0.252. The van der Waals surface area contributed by atoms with Gasteiger partial charge < -0.3 is 10.1 Å². The first-order chi connectivity index (χ1) is 8.45. The van der Waals surface area contributed by atoms with Gasteiger partial charge in [-0.05, 0) is 30.5 Å². The molecule has 0 aliphatic carbocycles. The Labute approximate surface area is 117 Å². The van der Waals surface area contributed by atoms with Crippen molar-refractivity contribution in [2.75, 3.05) is 13.7 Å². The van der Waals surface area contributed by atoms with Gasteiger partial charge in [0.05, 0.1) is 6.61 Å². The van der Waals surface area contributed by atoms with Crippen LogP contribution in [0.4, 0.5) is 4.39 Å². The summed E-state index contributed by atoms with van der Waals surface area (Å²) < 4.78 is 19.1. The third-order valence-electron chi connectivity index (χ3n) is 3.04. The molecule has 4 heteroatoms. The molecule has 1 aromatic rings. The second kappa shape index (κ2) is 7.22. The molecule has 2 nitrogen and oxygen atoms in total. The van der Waals surface area contributed by atoms with Gasteiger partial charge in [0.15, 0.2) is 0 Å². The van der Waals surface area contributed by atoms with Crippen molar-refractivity contribution in [3.05, 3.63) is 34.1 Å². The van der Waals surface area contributed by atoms with Crippen molar-refractivity contribution in [2.45, 2.75) is 32.9 Å². The molecule has 0 heterocycles. The standard InChI is InChI=1S/C14H21BrFNO/c1-9(2)14(8-18-4)17-10(3)12-6-5-11(16)7-13(12)15/h5-7,9-10,14,17H,8H2,1-4H3. The zero-order valence-corrected chi connectivity index (χ0v) is 12.9. The van der Waals surface area contributed by atoms with Crippen LogP contribution in [0, 0.1) is 11.7 Å². The molecule has 1 rings (SSSR count). The van der Waals surface area contributed by atoms with Crippen LogP contribution in [0.3, 0.4) is 0 Å². The topological polar surface area (TPSA) is 21.3 Å². The smallest absolute Gasteiger partial charge is 0.124 e. The predicted molar refractivity (Wildman–Crippen MR) is 76.2 cm³/mol. The maximum absolute atomic E-state index is 13.1. The number of nitrogens with one attached hydrogen (secondary N) is 1. The molecule has 2 unspecified atom stereocenters. The Bertz CT molecular complexity index is 384. The van der Waals surface area contributed by atoms with Gasteiger partial charge in [0, 0.05) is 23.7 Å². The van der Waals surface area contributed by atoms with E-state index in [0.717, 1.165) is 10.0 Å². The van der Waals surface area contributed by atoms with Gasteiger partial charge in [0.1, 0.15) is 5.82 Å². The summed E-state index contributed by atoms with van der Waals surface area (Å²) in [5, 5.41) is 3.52. The van der Waals surface area contributed by atoms with Gasteiger partial charge in [-0.25, -0.2) is 4.39 Å². The maximum Gasteiger partial charge on any atom is 0.124 e. The van der Waals surface area contributed by atoms with Crippen LogP contribution < -0.4 is 5.32 Å². The highest BCUT2D eigenvalue weighted by Crippen LogP contribution is 2.25. The van der Waals surface area contributed by atoms with Crippen molar-refractivity contribution >= 4 is 15.9 Å². The Morgan fingerprint density at radius 1 is 1.33 bits per heavy atom. The normalized spacial score (nSPS) is 14.8.